The van der Waals surface area contributed by atoms with Gasteiger partial charge >= 0.3 is 6.16 Å². The Kier molecular flexibility index (Phi) is 11.8. The van der Waals surface area contributed by atoms with Gasteiger partial charge in [-0.25, -0.2) is 4.79 Å². The third-order valence-corrected chi connectivity index (χ3v) is 5.79. The van der Waals surface area contributed by atoms with Crippen LogP contribution in [0, 0.1) is 6.92 Å². The van der Waals surface area contributed by atoms with Gasteiger partial charge in [-0.3, -0.25) is 0 Å². The van der Waals surface area contributed by atoms with Crippen LogP contribution >= 0.6 is 0 Å². The molecule has 0 heterocycles. The van der Waals surface area contributed by atoms with E-state index in [9.17, 15) is 4.79 Å². The number of carbonyl (C=O) groups is 1. The Hall–Kier alpha value is -2.29. The molecule has 0 radical (unpaired) electrons. The molecular weight excluding hydrogens is 384 g/mol. The standard InChI is InChI=1S/C28H40O3/c1-4-6-8-10-12-18-24-19-16-22-27(25(24)20-13-11-9-7-5-2)31-28(29)30-26-21-15-14-17-23(26)3/h14-17,19,21-22H,4-13,18,20H2,1-3H3. The van der Waals surface area contributed by atoms with Crippen molar-refractivity contribution < 1.29 is 14.3 Å². The lowest BCUT2D eigenvalue weighted by Gasteiger charge is -2.15. The van der Waals surface area contributed by atoms with E-state index in [0.29, 0.717) is 11.5 Å². The molecule has 0 aliphatic carbocycles. The van der Waals surface area contributed by atoms with Crippen molar-refractivity contribution in [3.63, 3.8) is 0 Å². The molecule has 0 saturated carbocycles. The summed E-state index contributed by atoms with van der Waals surface area (Å²) in [6, 6.07) is 13.6. The molecule has 0 aliphatic rings. The summed E-state index contributed by atoms with van der Waals surface area (Å²) in [5, 5.41) is 0. The highest BCUT2D eigenvalue weighted by Crippen LogP contribution is 2.28. The van der Waals surface area contributed by atoms with Crippen LogP contribution in [0.4, 0.5) is 4.79 Å². The van der Waals surface area contributed by atoms with Crippen LogP contribution in [0.25, 0.3) is 0 Å². The van der Waals surface area contributed by atoms with Crippen molar-refractivity contribution in [1.82, 2.24) is 0 Å². The summed E-state index contributed by atoms with van der Waals surface area (Å²) in [5.41, 5.74) is 3.40. The fourth-order valence-corrected chi connectivity index (χ4v) is 3.92. The molecule has 0 bridgehead atoms. The molecule has 2 aromatic rings. The summed E-state index contributed by atoms with van der Waals surface area (Å²) in [6.07, 6.45) is 13.7. The van der Waals surface area contributed by atoms with Gasteiger partial charge in [0.05, 0.1) is 0 Å². The SMILES string of the molecule is CCCCCCCc1cccc(OC(=O)Oc2ccccc2C)c1CCCCCCC. The van der Waals surface area contributed by atoms with Crippen LogP contribution in [-0.4, -0.2) is 6.16 Å². The van der Waals surface area contributed by atoms with Gasteiger partial charge < -0.3 is 9.47 Å². The number of carbonyl (C=O) groups excluding carboxylic acids is 1. The molecule has 0 spiro atoms. The van der Waals surface area contributed by atoms with Crippen LogP contribution in [0.3, 0.4) is 0 Å². The fraction of sp³-hybridized carbons (Fsp3) is 0.536. The minimum absolute atomic E-state index is 0.542. The first-order valence-corrected chi connectivity index (χ1v) is 12.2. The molecule has 2 rings (SSSR count). The number of aryl methyl sites for hydroxylation is 2. The second kappa shape index (κ2) is 14.7. The number of hydrogen-bond donors (Lipinski definition) is 0. The Morgan fingerprint density at radius 1 is 0.677 bits per heavy atom. The van der Waals surface area contributed by atoms with Gasteiger partial charge in [-0.15, -0.1) is 0 Å². The minimum Gasteiger partial charge on any atom is -0.394 e. The summed E-state index contributed by atoms with van der Waals surface area (Å²) < 4.78 is 11.2. The van der Waals surface area contributed by atoms with E-state index < -0.39 is 6.16 Å². The highest BCUT2D eigenvalue weighted by Gasteiger charge is 2.15. The highest BCUT2D eigenvalue weighted by atomic mass is 16.7. The number of ether oxygens (including phenoxy) is 2. The normalized spacial score (nSPS) is 10.8. The van der Waals surface area contributed by atoms with Crippen LogP contribution in [0.1, 0.15) is 94.7 Å². The van der Waals surface area contributed by atoms with E-state index >= 15 is 0 Å². The first-order valence-electron chi connectivity index (χ1n) is 12.2. The van der Waals surface area contributed by atoms with Crippen LogP contribution < -0.4 is 9.47 Å². The zero-order chi connectivity index (χ0) is 22.3. The lowest BCUT2D eigenvalue weighted by molar-refractivity contribution is 0.151. The van der Waals surface area contributed by atoms with E-state index in [1.807, 2.05) is 37.3 Å². The zero-order valence-corrected chi connectivity index (χ0v) is 19.8. The molecule has 3 heteroatoms. The summed E-state index contributed by atoms with van der Waals surface area (Å²) >= 11 is 0. The summed E-state index contributed by atoms with van der Waals surface area (Å²) in [4.78, 5) is 12.5. The van der Waals surface area contributed by atoms with Gasteiger partial charge in [0.15, 0.2) is 0 Å². The van der Waals surface area contributed by atoms with E-state index in [1.54, 1.807) is 6.07 Å². The van der Waals surface area contributed by atoms with Gasteiger partial charge in [-0.1, -0.05) is 95.5 Å². The van der Waals surface area contributed by atoms with Crippen molar-refractivity contribution >= 4 is 6.16 Å². The maximum Gasteiger partial charge on any atom is 0.519 e. The quantitative estimate of drug-likeness (QED) is 0.173. The Balaban J connectivity index is 2.06. The number of unbranched alkanes of at least 4 members (excludes halogenated alkanes) is 8. The van der Waals surface area contributed by atoms with E-state index in [2.05, 4.69) is 19.9 Å². The molecule has 0 unspecified atom stereocenters. The third-order valence-electron chi connectivity index (χ3n) is 5.79. The molecule has 2 aromatic carbocycles. The Morgan fingerprint density at radius 3 is 1.94 bits per heavy atom. The topological polar surface area (TPSA) is 35.5 Å². The number of rotatable bonds is 14. The first-order chi connectivity index (χ1) is 15.2. The van der Waals surface area contributed by atoms with Crippen LogP contribution in [0.5, 0.6) is 11.5 Å². The maximum atomic E-state index is 12.5. The van der Waals surface area contributed by atoms with Crippen LogP contribution in [0.2, 0.25) is 0 Å². The van der Waals surface area contributed by atoms with Gasteiger partial charge in [0.2, 0.25) is 0 Å². The molecule has 0 amide bonds. The number of para-hydroxylation sites is 1. The van der Waals surface area contributed by atoms with Gasteiger partial charge in [-0.2, -0.15) is 0 Å². The Labute approximate surface area is 189 Å². The molecule has 0 N–H and O–H groups in total. The predicted molar refractivity (Wildman–Crippen MR) is 129 cm³/mol. The van der Waals surface area contributed by atoms with Gasteiger partial charge in [0.25, 0.3) is 0 Å². The molecule has 0 saturated heterocycles. The molecular formula is C28H40O3. The third kappa shape index (κ3) is 9.16. The molecule has 3 nitrogen and oxygen atoms in total. The average Bonchev–Trinajstić information content (AvgIpc) is 2.76. The second-order valence-corrected chi connectivity index (χ2v) is 8.44. The summed E-state index contributed by atoms with van der Waals surface area (Å²) in [7, 11) is 0. The predicted octanol–water partition coefficient (Wildman–Crippen LogP) is 8.60. The van der Waals surface area contributed by atoms with Gasteiger partial charge in [0, 0.05) is 0 Å². The maximum absolute atomic E-state index is 12.5. The van der Waals surface area contributed by atoms with Crippen molar-refractivity contribution in [1.29, 1.82) is 0 Å². The smallest absolute Gasteiger partial charge is 0.394 e. The monoisotopic (exact) mass is 424 g/mol. The lowest BCUT2D eigenvalue weighted by Crippen LogP contribution is -2.16. The van der Waals surface area contributed by atoms with E-state index in [1.165, 1.54) is 68.9 Å². The Bertz CT molecular complexity index is 782. The molecule has 0 aliphatic heterocycles. The average molecular weight is 425 g/mol. The van der Waals surface area contributed by atoms with Crippen molar-refractivity contribution in [2.24, 2.45) is 0 Å². The highest BCUT2D eigenvalue weighted by molar-refractivity contribution is 5.68. The first kappa shape index (κ1) is 25.0. The zero-order valence-electron chi connectivity index (χ0n) is 19.8. The molecule has 31 heavy (non-hydrogen) atoms. The van der Waals surface area contributed by atoms with Crippen LogP contribution in [0.15, 0.2) is 42.5 Å². The van der Waals surface area contributed by atoms with Gasteiger partial charge in [-0.05, 0) is 61.4 Å². The van der Waals surface area contributed by atoms with E-state index in [4.69, 9.17) is 9.47 Å². The minimum atomic E-state index is -0.665. The fourth-order valence-electron chi connectivity index (χ4n) is 3.92. The summed E-state index contributed by atoms with van der Waals surface area (Å²) in [5.74, 6) is 1.20. The van der Waals surface area contributed by atoms with Crippen molar-refractivity contribution in [3.8, 4) is 11.5 Å². The van der Waals surface area contributed by atoms with Crippen molar-refractivity contribution in [3.05, 3.63) is 59.2 Å². The van der Waals surface area contributed by atoms with Gasteiger partial charge in [0.1, 0.15) is 11.5 Å². The number of hydrogen-bond acceptors (Lipinski definition) is 3. The molecule has 0 atom stereocenters. The Morgan fingerprint density at radius 2 is 1.26 bits per heavy atom. The molecule has 0 fully saturated rings. The van der Waals surface area contributed by atoms with Crippen molar-refractivity contribution in [2.75, 3.05) is 0 Å². The van der Waals surface area contributed by atoms with E-state index in [0.717, 1.165) is 24.8 Å². The second-order valence-electron chi connectivity index (χ2n) is 8.44. The largest absolute Gasteiger partial charge is 0.519 e. The summed E-state index contributed by atoms with van der Waals surface area (Å²) in [6.45, 7) is 6.40. The number of benzene rings is 2. The lowest BCUT2D eigenvalue weighted by atomic mass is 9.95. The molecule has 170 valence electrons. The van der Waals surface area contributed by atoms with Crippen LogP contribution in [-0.2, 0) is 12.8 Å². The van der Waals surface area contributed by atoms with Crippen molar-refractivity contribution in [2.45, 2.75) is 97.8 Å². The molecule has 0 aromatic heterocycles. The van der Waals surface area contributed by atoms with E-state index in [-0.39, 0.29) is 0 Å².